The van der Waals surface area contributed by atoms with Gasteiger partial charge in [-0.05, 0) is 30.7 Å². The molecule has 0 spiro atoms. The van der Waals surface area contributed by atoms with Gasteiger partial charge in [-0.15, -0.1) is 0 Å². The van der Waals surface area contributed by atoms with Gasteiger partial charge in [0.25, 0.3) is 0 Å². The zero-order valence-electron chi connectivity index (χ0n) is 19.0. The lowest BCUT2D eigenvalue weighted by atomic mass is 9.99. The van der Waals surface area contributed by atoms with Gasteiger partial charge in [0.05, 0.1) is 6.61 Å². The number of aliphatic hydroxyl groups excluding tert-OH is 4. The smallest absolute Gasteiger partial charge is 0.229 e. The molecule has 8 heteroatoms. The molecule has 0 aliphatic carbocycles. The van der Waals surface area contributed by atoms with Gasteiger partial charge in [0, 0.05) is 12.1 Å². The van der Waals surface area contributed by atoms with E-state index in [2.05, 4.69) is 12.2 Å². The molecule has 1 saturated heterocycles. The van der Waals surface area contributed by atoms with Gasteiger partial charge in [-0.1, -0.05) is 58.3 Å². The summed E-state index contributed by atoms with van der Waals surface area (Å²) in [7, 11) is 0. The van der Waals surface area contributed by atoms with Gasteiger partial charge >= 0.3 is 0 Å². The summed E-state index contributed by atoms with van der Waals surface area (Å²) in [6.07, 6.45) is 4.67. The molecule has 182 valence electrons. The van der Waals surface area contributed by atoms with Crippen molar-refractivity contribution >= 4 is 11.6 Å². The van der Waals surface area contributed by atoms with E-state index in [1.807, 2.05) is 0 Å². The van der Waals surface area contributed by atoms with Crippen molar-refractivity contribution in [2.24, 2.45) is 0 Å². The van der Waals surface area contributed by atoms with E-state index in [9.17, 15) is 25.2 Å². The third kappa shape index (κ3) is 8.67. The second-order valence-electron chi connectivity index (χ2n) is 8.47. The molecule has 0 saturated carbocycles. The number of carbonyl (C=O) groups excluding carboxylic acids is 1. The summed E-state index contributed by atoms with van der Waals surface area (Å²) >= 11 is 0. The van der Waals surface area contributed by atoms with Crippen molar-refractivity contribution in [3.63, 3.8) is 0 Å². The molecule has 1 amide bonds. The molecule has 0 bridgehead atoms. The summed E-state index contributed by atoms with van der Waals surface area (Å²) < 4.78 is 10.9. The van der Waals surface area contributed by atoms with Crippen LogP contribution in [0.4, 0.5) is 5.69 Å². The van der Waals surface area contributed by atoms with Crippen LogP contribution in [0.3, 0.4) is 0 Å². The van der Waals surface area contributed by atoms with E-state index in [1.54, 1.807) is 24.3 Å². The Morgan fingerprint density at radius 2 is 1.50 bits per heavy atom. The fourth-order valence-electron chi connectivity index (χ4n) is 3.74. The predicted octanol–water partition coefficient (Wildman–Crippen LogP) is 2.72. The van der Waals surface area contributed by atoms with Gasteiger partial charge in [-0.3, -0.25) is 4.79 Å². The molecule has 1 aliphatic heterocycles. The SMILES string of the molecule is CCCCCCCCCCCC(=O)Nc1ccc(O[C@@H]2O[C@H](CO)[C@@H](O)[C@H](O)[C@H]2O)cc1. The number of aliphatic hydroxyl groups is 4. The Bertz CT molecular complexity index is 652. The lowest BCUT2D eigenvalue weighted by molar-refractivity contribution is -0.277. The summed E-state index contributed by atoms with van der Waals surface area (Å²) in [5.41, 5.74) is 0.632. The molecule has 1 aromatic rings. The van der Waals surface area contributed by atoms with Crippen LogP contribution in [0.15, 0.2) is 24.3 Å². The van der Waals surface area contributed by atoms with Crippen molar-refractivity contribution in [2.45, 2.75) is 102 Å². The molecule has 1 heterocycles. The lowest BCUT2D eigenvalue weighted by Gasteiger charge is -2.39. The summed E-state index contributed by atoms with van der Waals surface area (Å²) in [6.45, 7) is 1.70. The third-order valence-electron chi connectivity index (χ3n) is 5.75. The monoisotopic (exact) mass is 453 g/mol. The Morgan fingerprint density at radius 3 is 2.09 bits per heavy atom. The van der Waals surface area contributed by atoms with E-state index >= 15 is 0 Å². The van der Waals surface area contributed by atoms with Crippen molar-refractivity contribution in [2.75, 3.05) is 11.9 Å². The van der Waals surface area contributed by atoms with Crippen molar-refractivity contribution in [1.29, 1.82) is 0 Å². The van der Waals surface area contributed by atoms with Crippen molar-refractivity contribution < 1.29 is 34.7 Å². The minimum Gasteiger partial charge on any atom is -0.462 e. The van der Waals surface area contributed by atoms with E-state index in [4.69, 9.17) is 9.47 Å². The lowest BCUT2D eigenvalue weighted by Crippen LogP contribution is -2.60. The number of hydrogen-bond acceptors (Lipinski definition) is 7. The number of hydrogen-bond donors (Lipinski definition) is 5. The molecule has 1 aliphatic rings. The maximum absolute atomic E-state index is 12.1. The predicted molar refractivity (Wildman–Crippen MR) is 121 cm³/mol. The van der Waals surface area contributed by atoms with Crippen LogP contribution >= 0.6 is 0 Å². The van der Waals surface area contributed by atoms with Crippen LogP contribution in [0, 0.1) is 0 Å². The normalized spacial score (nSPS) is 25.5. The molecule has 32 heavy (non-hydrogen) atoms. The Kier molecular flexibility index (Phi) is 12.0. The van der Waals surface area contributed by atoms with Gasteiger partial charge < -0.3 is 35.2 Å². The maximum atomic E-state index is 12.1. The molecule has 8 nitrogen and oxygen atoms in total. The highest BCUT2D eigenvalue weighted by Crippen LogP contribution is 2.25. The average molecular weight is 454 g/mol. The summed E-state index contributed by atoms with van der Waals surface area (Å²) in [6, 6.07) is 6.56. The molecule has 0 aromatic heterocycles. The average Bonchev–Trinajstić information content (AvgIpc) is 2.79. The minimum absolute atomic E-state index is 0.0319. The molecule has 5 atom stereocenters. The van der Waals surface area contributed by atoms with Gasteiger partial charge in [-0.2, -0.15) is 0 Å². The molecular weight excluding hydrogens is 414 g/mol. The first-order valence-electron chi connectivity index (χ1n) is 11.8. The van der Waals surface area contributed by atoms with E-state index in [0.29, 0.717) is 17.9 Å². The molecule has 1 aromatic carbocycles. The number of ether oxygens (including phenoxy) is 2. The number of nitrogens with one attached hydrogen (secondary N) is 1. The van der Waals surface area contributed by atoms with Crippen molar-refractivity contribution in [1.82, 2.24) is 0 Å². The highest BCUT2D eigenvalue weighted by atomic mass is 16.7. The number of unbranched alkanes of at least 4 members (excludes halogenated alkanes) is 8. The zero-order valence-corrected chi connectivity index (χ0v) is 19.0. The Balaban J connectivity index is 1.67. The summed E-state index contributed by atoms with van der Waals surface area (Å²) in [4.78, 5) is 12.1. The Morgan fingerprint density at radius 1 is 0.906 bits per heavy atom. The van der Waals surface area contributed by atoms with E-state index in [1.165, 1.54) is 44.9 Å². The first-order valence-corrected chi connectivity index (χ1v) is 11.8. The highest BCUT2D eigenvalue weighted by Gasteiger charge is 2.44. The van der Waals surface area contributed by atoms with Crippen LogP contribution in [-0.4, -0.2) is 63.6 Å². The summed E-state index contributed by atoms with van der Waals surface area (Å²) in [5.74, 6) is 0.321. The zero-order chi connectivity index (χ0) is 23.3. The fraction of sp³-hybridized carbons (Fsp3) is 0.708. The third-order valence-corrected chi connectivity index (χ3v) is 5.75. The van der Waals surface area contributed by atoms with Gasteiger partial charge in [0.1, 0.15) is 30.2 Å². The molecule has 2 rings (SSSR count). The van der Waals surface area contributed by atoms with Gasteiger partial charge in [0.2, 0.25) is 12.2 Å². The van der Waals surface area contributed by atoms with E-state index < -0.39 is 37.3 Å². The fourth-order valence-corrected chi connectivity index (χ4v) is 3.74. The van der Waals surface area contributed by atoms with Gasteiger partial charge in [-0.25, -0.2) is 0 Å². The van der Waals surface area contributed by atoms with Crippen LogP contribution in [0.1, 0.15) is 71.1 Å². The molecular formula is C24H39NO7. The van der Waals surface area contributed by atoms with Crippen LogP contribution in [-0.2, 0) is 9.53 Å². The van der Waals surface area contributed by atoms with Crippen molar-refractivity contribution in [3.05, 3.63) is 24.3 Å². The number of amides is 1. The number of rotatable bonds is 14. The van der Waals surface area contributed by atoms with Gasteiger partial charge in [0.15, 0.2) is 0 Å². The molecule has 0 radical (unpaired) electrons. The molecule has 1 fully saturated rings. The number of anilines is 1. The van der Waals surface area contributed by atoms with Crippen LogP contribution in [0.5, 0.6) is 5.75 Å². The largest absolute Gasteiger partial charge is 0.462 e. The quantitative estimate of drug-likeness (QED) is 0.274. The first-order chi connectivity index (χ1) is 15.5. The molecule has 0 unspecified atom stereocenters. The van der Waals surface area contributed by atoms with E-state index in [0.717, 1.165) is 12.8 Å². The second kappa shape index (κ2) is 14.4. The maximum Gasteiger partial charge on any atom is 0.229 e. The Labute approximate surface area is 190 Å². The first kappa shape index (κ1) is 26.5. The van der Waals surface area contributed by atoms with Crippen molar-refractivity contribution in [3.8, 4) is 5.75 Å². The van der Waals surface area contributed by atoms with Crippen LogP contribution in [0.25, 0.3) is 0 Å². The summed E-state index contributed by atoms with van der Waals surface area (Å²) in [5, 5.41) is 41.8. The van der Waals surface area contributed by atoms with Crippen LogP contribution in [0.2, 0.25) is 0 Å². The topological polar surface area (TPSA) is 128 Å². The number of benzene rings is 1. The number of carbonyl (C=O) groups is 1. The standard InChI is InChI=1S/C24H39NO7/c1-2-3-4-5-6-7-8-9-10-11-20(27)25-17-12-14-18(15-13-17)31-24-23(30)22(29)21(28)19(16-26)32-24/h12-15,19,21-24,26,28-30H,2-11,16H2,1H3,(H,25,27)/t19-,21-,22+,23-,24-/m1/s1. The highest BCUT2D eigenvalue weighted by molar-refractivity contribution is 5.90. The van der Waals surface area contributed by atoms with Crippen LogP contribution < -0.4 is 10.1 Å². The van der Waals surface area contributed by atoms with E-state index in [-0.39, 0.29) is 5.91 Å². The molecule has 5 N–H and O–H groups in total. The Hall–Kier alpha value is -1.71. The second-order valence-corrected chi connectivity index (χ2v) is 8.47. The minimum atomic E-state index is -1.49.